The predicted molar refractivity (Wildman–Crippen MR) is 76.2 cm³/mol. The molecule has 1 aromatic carbocycles. The number of hydrogen-bond acceptors (Lipinski definition) is 4. The average molecular weight is 327 g/mol. The van der Waals surface area contributed by atoms with E-state index in [0.717, 1.165) is 4.47 Å². The molecule has 0 spiro atoms. The fourth-order valence-corrected chi connectivity index (χ4v) is 2.14. The largest absolute Gasteiger partial charge is 0.389 e. The Morgan fingerprint density at radius 2 is 2.32 bits per heavy atom. The van der Waals surface area contributed by atoms with Crippen LogP contribution in [0, 0.1) is 0 Å². The van der Waals surface area contributed by atoms with Gasteiger partial charge in [0.25, 0.3) is 5.56 Å². The smallest absolute Gasteiger partial charge is 0.261 e. The first-order chi connectivity index (χ1) is 9.11. The van der Waals surface area contributed by atoms with Crippen molar-refractivity contribution in [1.29, 1.82) is 0 Å². The fraction of sp³-hybridized carbons (Fsp3) is 0.385. The summed E-state index contributed by atoms with van der Waals surface area (Å²) in [6.07, 6.45) is 0.735. The van der Waals surface area contributed by atoms with E-state index in [4.69, 9.17) is 4.74 Å². The summed E-state index contributed by atoms with van der Waals surface area (Å²) in [5, 5.41) is 10.3. The molecule has 0 aliphatic rings. The number of aliphatic hydroxyl groups excluding tert-OH is 1. The molecule has 102 valence electrons. The summed E-state index contributed by atoms with van der Waals surface area (Å²) in [5.41, 5.74) is 0.475. The van der Waals surface area contributed by atoms with E-state index in [9.17, 15) is 9.90 Å². The number of ether oxygens (including phenoxy) is 1. The standard InChI is InChI=1S/C13H15BrN2O3/c1-2-19-7-10(17)6-16-8-15-12-5-9(14)3-4-11(12)13(16)18/h3-5,8,10,17H,2,6-7H2,1H3/t10-/m1/s1. The van der Waals surface area contributed by atoms with Crippen LogP contribution >= 0.6 is 15.9 Å². The number of aliphatic hydroxyl groups is 1. The maximum absolute atomic E-state index is 12.2. The fourth-order valence-electron chi connectivity index (χ4n) is 1.80. The summed E-state index contributed by atoms with van der Waals surface area (Å²) in [6.45, 7) is 2.78. The van der Waals surface area contributed by atoms with Crippen LogP contribution in [0.15, 0.2) is 33.8 Å². The van der Waals surface area contributed by atoms with Crippen LogP contribution in [0.2, 0.25) is 0 Å². The van der Waals surface area contributed by atoms with Gasteiger partial charge in [0.1, 0.15) is 0 Å². The number of hydrogen-bond donors (Lipinski definition) is 1. The Kier molecular flexibility index (Phi) is 4.68. The molecule has 0 amide bonds. The number of rotatable bonds is 5. The number of benzene rings is 1. The van der Waals surface area contributed by atoms with Gasteiger partial charge in [-0.15, -0.1) is 0 Å². The van der Waals surface area contributed by atoms with E-state index >= 15 is 0 Å². The molecular weight excluding hydrogens is 312 g/mol. The number of halogens is 1. The van der Waals surface area contributed by atoms with Crippen LogP contribution in [0.1, 0.15) is 6.92 Å². The van der Waals surface area contributed by atoms with Crippen LogP contribution < -0.4 is 5.56 Å². The van der Waals surface area contributed by atoms with E-state index in [0.29, 0.717) is 17.5 Å². The van der Waals surface area contributed by atoms with Gasteiger partial charge in [-0.1, -0.05) is 15.9 Å². The molecule has 1 heterocycles. The van der Waals surface area contributed by atoms with E-state index in [-0.39, 0.29) is 18.7 Å². The molecule has 19 heavy (non-hydrogen) atoms. The molecule has 0 aliphatic heterocycles. The molecule has 1 aromatic heterocycles. The molecule has 0 aliphatic carbocycles. The van der Waals surface area contributed by atoms with Crippen molar-refractivity contribution in [3.8, 4) is 0 Å². The summed E-state index contributed by atoms with van der Waals surface area (Å²) in [6, 6.07) is 5.31. The first-order valence-corrected chi connectivity index (χ1v) is 6.81. The van der Waals surface area contributed by atoms with Crippen molar-refractivity contribution in [2.75, 3.05) is 13.2 Å². The minimum atomic E-state index is -0.715. The van der Waals surface area contributed by atoms with Gasteiger partial charge in [0, 0.05) is 11.1 Å². The van der Waals surface area contributed by atoms with Gasteiger partial charge in [-0.05, 0) is 25.1 Å². The Bertz CT molecular complexity index is 627. The lowest BCUT2D eigenvalue weighted by molar-refractivity contribution is 0.0329. The number of fused-ring (bicyclic) bond motifs is 1. The summed E-state index contributed by atoms with van der Waals surface area (Å²) >= 11 is 3.34. The van der Waals surface area contributed by atoms with Crippen LogP contribution in [-0.2, 0) is 11.3 Å². The maximum Gasteiger partial charge on any atom is 0.261 e. The third-order valence-electron chi connectivity index (χ3n) is 2.71. The highest BCUT2D eigenvalue weighted by Gasteiger charge is 2.09. The van der Waals surface area contributed by atoms with Gasteiger partial charge in [0.15, 0.2) is 0 Å². The van der Waals surface area contributed by atoms with Crippen molar-refractivity contribution in [3.05, 3.63) is 39.4 Å². The van der Waals surface area contributed by atoms with Gasteiger partial charge in [0.2, 0.25) is 0 Å². The first-order valence-electron chi connectivity index (χ1n) is 6.02. The van der Waals surface area contributed by atoms with Gasteiger partial charge < -0.3 is 9.84 Å². The molecule has 6 heteroatoms. The monoisotopic (exact) mass is 326 g/mol. The number of aromatic nitrogens is 2. The van der Waals surface area contributed by atoms with Gasteiger partial charge in [-0.25, -0.2) is 4.98 Å². The Morgan fingerprint density at radius 1 is 1.53 bits per heavy atom. The van der Waals surface area contributed by atoms with Crippen molar-refractivity contribution >= 4 is 26.8 Å². The Hall–Kier alpha value is -1.24. The van der Waals surface area contributed by atoms with Crippen LogP contribution in [0.25, 0.3) is 10.9 Å². The minimum Gasteiger partial charge on any atom is -0.389 e. The summed E-state index contributed by atoms with van der Waals surface area (Å²) in [4.78, 5) is 16.4. The zero-order chi connectivity index (χ0) is 13.8. The minimum absolute atomic E-state index is 0.159. The zero-order valence-electron chi connectivity index (χ0n) is 10.5. The average Bonchev–Trinajstić information content (AvgIpc) is 2.39. The molecule has 0 bridgehead atoms. The SMILES string of the molecule is CCOC[C@H](O)Cn1cnc2cc(Br)ccc2c1=O. The third kappa shape index (κ3) is 3.40. The van der Waals surface area contributed by atoms with Crippen molar-refractivity contribution in [1.82, 2.24) is 9.55 Å². The Labute approximate surface area is 119 Å². The molecule has 0 radical (unpaired) electrons. The summed E-state index contributed by atoms with van der Waals surface area (Å²) in [7, 11) is 0. The predicted octanol–water partition coefficient (Wildman–Crippen LogP) is 1.56. The molecule has 2 aromatic rings. The van der Waals surface area contributed by atoms with Crippen molar-refractivity contribution in [2.24, 2.45) is 0 Å². The Morgan fingerprint density at radius 3 is 3.05 bits per heavy atom. The summed E-state index contributed by atoms with van der Waals surface area (Å²) < 4.78 is 7.40. The van der Waals surface area contributed by atoms with E-state index in [1.54, 1.807) is 18.2 Å². The van der Waals surface area contributed by atoms with E-state index in [1.165, 1.54) is 10.9 Å². The molecule has 2 rings (SSSR count). The van der Waals surface area contributed by atoms with Crippen molar-refractivity contribution in [3.63, 3.8) is 0 Å². The van der Waals surface area contributed by atoms with Crippen LogP contribution in [0.4, 0.5) is 0 Å². The highest BCUT2D eigenvalue weighted by molar-refractivity contribution is 9.10. The Balaban J connectivity index is 2.28. The van der Waals surface area contributed by atoms with Gasteiger partial charge in [-0.2, -0.15) is 0 Å². The van der Waals surface area contributed by atoms with Crippen molar-refractivity contribution in [2.45, 2.75) is 19.6 Å². The van der Waals surface area contributed by atoms with Crippen LogP contribution in [-0.4, -0.2) is 34.0 Å². The highest BCUT2D eigenvalue weighted by Crippen LogP contribution is 2.14. The lowest BCUT2D eigenvalue weighted by atomic mass is 10.2. The second-order valence-corrected chi connectivity index (χ2v) is 5.09. The van der Waals surface area contributed by atoms with Gasteiger partial charge in [0.05, 0.1) is 36.5 Å². The topological polar surface area (TPSA) is 64.3 Å². The molecule has 1 atom stereocenters. The molecule has 0 fully saturated rings. The second-order valence-electron chi connectivity index (χ2n) is 4.18. The lowest BCUT2D eigenvalue weighted by Gasteiger charge is -2.12. The molecule has 0 unspecified atom stereocenters. The van der Waals surface area contributed by atoms with E-state index < -0.39 is 6.10 Å². The second kappa shape index (κ2) is 6.27. The lowest BCUT2D eigenvalue weighted by Crippen LogP contribution is -2.29. The van der Waals surface area contributed by atoms with Gasteiger partial charge in [-0.3, -0.25) is 9.36 Å². The van der Waals surface area contributed by atoms with E-state index in [2.05, 4.69) is 20.9 Å². The van der Waals surface area contributed by atoms with Crippen molar-refractivity contribution < 1.29 is 9.84 Å². The third-order valence-corrected chi connectivity index (χ3v) is 3.20. The highest BCUT2D eigenvalue weighted by atomic mass is 79.9. The molecule has 0 saturated heterocycles. The first kappa shape index (κ1) is 14.2. The molecule has 5 nitrogen and oxygen atoms in total. The quantitative estimate of drug-likeness (QED) is 0.905. The zero-order valence-corrected chi connectivity index (χ0v) is 12.1. The summed E-state index contributed by atoms with van der Waals surface area (Å²) in [5.74, 6) is 0. The molecule has 0 saturated carbocycles. The molecular formula is C13H15BrN2O3. The number of nitrogens with zero attached hydrogens (tertiary/aromatic N) is 2. The maximum atomic E-state index is 12.2. The van der Waals surface area contributed by atoms with Crippen LogP contribution in [0.3, 0.4) is 0 Å². The van der Waals surface area contributed by atoms with Crippen LogP contribution in [0.5, 0.6) is 0 Å². The van der Waals surface area contributed by atoms with Gasteiger partial charge >= 0.3 is 0 Å². The normalized spacial score (nSPS) is 12.8. The molecule has 1 N–H and O–H groups in total. The van der Waals surface area contributed by atoms with E-state index in [1.807, 2.05) is 6.92 Å².